The van der Waals surface area contributed by atoms with Crippen molar-refractivity contribution >= 4 is 5.97 Å². The fourth-order valence-electron chi connectivity index (χ4n) is 1.39. The number of hydrogen-bond donors (Lipinski definition) is 2. The quantitative estimate of drug-likeness (QED) is 0.758. The average Bonchev–Trinajstić information content (AvgIpc) is 2.34. The first-order valence-electron chi connectivity index (χ1n) is 5.83. The van der Waals surface area contributed by atoms with E-state index in [1.54, 1.807) is 0 Å². The van der Waals surface area contributed by atoms with E-state index >= 15 is 0 Å². The lowest BCUT2D eigenvalue weighted by Crippen LogP contribution is -2.36. The van der Waals surface area contributed by atoms with Crippen LogP contribution in [0.15, 0.2) is 24.3 Å². The van der Waals surface area contributed by atoms with Crippen LogP contribution in [0.3, 0.4) is 0 Å². The lowest BCUT2D eigenvalue weighted by atomic mass is 10.1. The molecule has 0 spiro atoms. The molecule has 94 valence electrons. The first-order chi connectivity index (χ1) is 8.13. The van der Waals surface area contributed by atoms with Crippen LogP contribution < -0.4 is 10.5 Å². The molecule has 0 aromatic heterocycles. The highest BCUT2D eigenvalue weighted by atomic mass is 16.5. The van der Waals surface area contributed by atoms with Gasteiger partial charge in [0.05, 0.1) is 0 Å². The Morgan fingerprint density at radius 3 is 2.59 bits per heavy atom. The van der Waals surface area contributed by atoms with Crippen molar-refractivity contribution in [3.8, 4) is 5.75 Å². The molecule has 0 fully saturated rings. The summed E-state index contributed by atoms with van der Waals surface area (Å²) in [6.45, 7) is 2.15. The van der Waals surface area contributed by atoms with Gasteiger partial charge in [0, 0.05) is 0 Å². The summed E-state index contributed by atoms with van der Waals surface area (Å²) in [4.78, 5) is 10.5. The second-order valence-electron chi connectivity index (χ2n) is 4.00. The molecule has 1 aromatic carbocycles. The Morgan fingerprint density at radius 1 is 1.41 bits per heavy atom. The van der Waals surface area contributed by atoms with Gasteiger partial charge in [0.2, 0.25) is 0 Å². The molecule has 0 aliphatic rings. The number of rotatable bonds is 7. The van der Waals surface area contributed by atoms with Crippen LogP contribution in [0.25, 0.3) is 0 Å². The monoisotopic (exact) mass is 237 g/mol. The topological polar surface area (TPSA) is 72.5 Å². The van der Waals surface area contributed by atoms with Gasteiger partial charge in [-0.05, 0) is 30.5 Å². The number of benzene rings is 1. The van der Waals surface area contributed by atoms with Gasteiger partial charge in [0.1, 0.15) is 18.4 Å². The van der Waals surface area contributed by atoms with E-state index in [0.717, 1.165) is 6.42 Å². The van der Waals surface area contributed by atoms with E-state index in [1.807, 2.05) is 24.3 Å². The standard InChI is InChI=1S/C13H19NO3/c1-2-3-4-10-5-7-11(8-6-10)17-9-12(14)13(15)16/h5-8,12H,2-4,9,14H2,1H3,(H,15,16). The molecule has 0 amide bonds. The number of unbranched alkanes of at least 4 members (excludes halogenated alkanes) is 1. The van der Waals surface area contributed by atoms with Crippen LogP contribution in [-0.2, 0) is 11.2 Å². The number of carboxylic acids is 1. The third-order valence-corrected chi connectivity index (χ3v) is 2.49. The summed E-state index contributed by atoms with van der Waals surface area (Å²) in [7, 11) is 0. The Balaban J connectivity index is 2.42. The molecule has 0 aliphatic carbocycles. The van der Waals surface area contributed by atoms with Gasteiger partial charge in [-0.2, -0.15) is 0 Å². The summed E-state index contributed by atoms with van der Waals surface area (Å²) >= 11 is 0. The van der Waals surface area contributed by atoms with Crippen molar-refractivity contribution < 1.29 is 14.6 Å². The van der Waals surface area contributed by atoms with Crippen molar-refractivity contribution in [1.82, 2.24) is 0 Å². The fraction of sp³-hybridized carbons (Fsp3) is 0.462. The van der Waals surface area contributed by atoms with Gasteiger partial charge < -0.3 is 15.6 Å². The van der Waals surface area contributed by atoms with Gasteiger partial charge in [0.15, 0.2) is 0 Å². The van der Waals surface area contributed by atoms with Gasteiger partial charge in [-0.15, -0.1) is 0 Å². The van der Waals surface area contributed by atoms with Crippen LogP contribution in [0.4, 0.5) is 0 Å². The molecule has 0 saturated carbocycles. The second kappa shape index (κ2) is 6.91. The maximum Gasteiger partial charge on any atom is 0.324 e. The van der Waals surface area contributed by atoms with Crippen LogP contribution in [0.2, 0.25) is 0 Å². The molecule has 0 heterocycles. The van der Waals surface area contributed by atoms with E-state index in [-0.39, 0.29) is 6.61 Å². The molecule has 0 saturated heterocycles. The lowest BCUT2D eigenvalue weighted by Gasteiger charge is -2.09. The third kappa shape index (κ3) is 4.87. The van der Waals surface area contributed by atoms with Crippen molar-refractivity contribution in [3.63, 3.8) is 0 Å². The summed E-state index contributed by atoms with van der Waals surface area (Å²) in [6, 6.07) is 6.71. The minimum Gasteiger partial charge on any atom is -0.491 e. The van der Waals surface area contributed by atoms with Crippen LogP contribution in [-0.4, -0.2) is 23.7 Å². The van der Waals surface area contributed by atoms with Crippen LogP contribution in [0.1, 0.15) is 25.3 Å². The van der Waals surface area contributed by atoms with E-state index in [0.29, 0.717) is 5.75 Å². The fourth-order valence-corrected chi connectivity index (χ4v) is 1.39. The molecule has 1 aromatic rings. The van der Waals surface area contributed by atoms with E-state index in [1.165, 1.54) is 18.4 Å². The molecule has 0 radical (unpaired) electrons. The largest absolute Gasteiger partial charge is 0.491 e. The summed E-state index contributed by atoms with van der Waals surface area (Å²) in [5.74, 6) is -0.397. The number of aryl methyl sites for hydroxylation is 1. The highest BCUT2D eigenvalue weighted by Crippen LogP contribution is 2.14. The molecule has 4 heteroatoms. The Hall–Kier alpha value is -1.55. The van der Waals surface area contributed by atoms with Crippen LogP contribution in [0.5, 0.6) is 5.75 Å². The number of nitrogens with two attached hydrogens (primary N) is 1. The molecule has 0 bridgehead atoms. The predicted octanol–water partition coefficient (Wildman–Crippen LogP) is 1.82. The van der Waals surface area contributed by atoms with Crippen LogP contribution in [0, 0.1) is 0 Å². The van der Waals surface area contributed by atoms with E-state index in [2.05, 4.69) is 6.92 Å². The molecule has 1 unspecified atom stereocenters. The van der Waals surface area contributed by atoms with Crippen molar-refractivity contribution in [3.05, 3.63) is 29.8 Å². The van der Waals surface area contributed by atoms with Crippen LogP contribution >= 0.6 is 0 Å². The summed E-state index contributed by atoms with van der Waals surface area (Å²) < 4.78 is 5.28. The lowest BCUT2D eigenvalue weighted by molar-refractivity contribution is -0.139. The number of hydrogen-bond acceptors (Lipinski definition) is 3. The minimum absolute atomic E-state index is 0.0103. The van der Waals surface area contributed by atoms with Gasteiger partial charge in [-0.1, -0.05) is 25.5 Å². The average molecular weight is 237 g/mol. The van der Waals surface area contributed by atoms with Gasteiger partial charge in [-0.3, -0.25) is 4.79 Å². The molecule has 3 N–H and O–H groups in total. The number of ether oxygens (including phenoxy) is 1. The van der Waals surface area contributed by atoms with Crippen molar-refractivity contribution in [2.24, 2.45) is 5.73 Å². The smallest absolute Gasteiger partial charge is 0.324 e. The zero-order chi connectivity index (χ0) is 12.7. The maximum atomic E-state index is 10.5. The van der Waals surface area contributed by atoms with E-state index in [4.69, 9.17) is 15.6 Å². The normalized spacial score (nSPS) is 12.1. The molecule has 17 heavy (non-hydrogen) atoms. The molecular formula is C13H19NO3. The van der Waals surface area contributed by atoms with Gasteiger partial charge >= 0.3 is 5.97 Å². The number of carbonyl (C=O) groups is 1. The van der Waals surface area contributed by atoms with Gasteiger partial charge in [0.25, 0.3) is 0 Å². The molecular weight excluding hydrogens is 218 g/mol. The molecule has 4 nitrogen and oxygen atoms in total. The predicted molar refractivity (Wildman–Crippen MR) is 66.2 cm³/mol. The molecule has 0 aliphatic heterocycles. The zero-order valence-corrected chi connectivity index (χ0v) is 10.1. The van der Waals surface area contributed by atoms with Gasteiger partial charge in [-0.25, -0.2) is 0 Å². The highest BCUT2D eigenvalue weighted by Gasteiger charge is 2.11. The van der Waals surface area contributed by atoms with E-state index < -0.39 is 12.0 Å². The van der Waals surface area contributed by atoms with E-state index in [9.17, 15) is 4.79 Å². The second-order valence-corrected chi connectivity index (χ2v) is 4.00. The minimum atomic E-state index is -1.05. The number of carboxylic acid groups (broad SMARTS) is 1. The molecule has 1 atom stereocenters. The Labute approximate surface area is 101 Å². The van der Waals surface area contributed by atoms with Crippen molar-refractivity contribution in [2.45, 2.75) is 32.2 Å². The Bertz CT molecular complexity index is 348. The summed E-state index contributed by atoms with van der Waals surface area (Å²) in [5, 5.41) is 8.60. The first kappa shape index (κ1) is 13.5. The third-order valence-electron chi connectivity index (χ3n) is 2.49. The van der Waals surface area contributed by atoms with Crippen molar-refractivity contribution in [1.29, 1.82) is 0 Å². The maximum absolute atomic E-state index is 10.5. The van der Waals surface area contributed by atoms with Crippen molar-refractivity contribution in [2.75, 3.05) is 6.61 Å². The zero-order valence-electron chi connectivity index (χ0n) is 10.1. The molecule has 1 rings (SSSR count). The first-order valence-corrected chi connectivity index (χ1v) is 5.83. The highest BCUT2D eigenvalue weighted by molar-refractivity contribution is 5.73. The summed E-state index contributed by atoms with van der Waals surface area (Å²) in [5.41, 5.74) is 6.60. The SMILES string of the molecule is CCCCc1ccc(OCC(N)C(=O)O)cc1. The summed E-state index contributed by atoms with van der Waals surface area (Å²) in [6.07, 6.45) is 3.40. The Morgan fingerprint density at radius 2 is 2.06 bits per heavy atom. The Kier molecular flexibility index (Phi) is 5.49. The number of aliphatic carboxylic acids is 1.